The molecule has 0 aliphatic rings. The molecule has 7 heteroatoms. The summed E-state index contributed by atoms with van der Waals surface area (Å²) in [5, 5.41) is 0. The molecule has 0 saturated carbocycles. The predicted molar refractivity (Wildman–Crippen MR) is 71.7 cm³/mol. The van der Waals surface area contributed by atoms with Gasteiger partial charge in [0.1, 0.15) is 11.0 Å². The first-order chi connectivity index (χ1) is 9.43. The number of aromatic nitrogens is 6. The summed E-state index contributed by atoms with van der Waals surface area (Å²) in [5.74, 6) is 0. The fraction of sp³-hybridized carbons (Fsp3) is 0. The highest BCUT2D eigenvalue weighted by molar-refractivity contribution is 7.00. The van der Waals surface area contributed by atoms with Crippen LogP contribution in [0.4, 0.5) is 0 Å². The molecule has 0 atom stereocenters. The van der Waals surface area contributed by atoms with E-state index in [9.17, 15) is 0 Å². The highest BCUT2D eigenvalue weighted by Crippen LogP contribution is 2.26. The SMILES string of the molecule is c1cn(-c2ccc(-n3ccnc3)c3nsnc23)cn1. The zero-order valence-corrected chi connectivity index (χ0v) is 10.5. The van der Waals surface area contributed by atoms with E-state index in [1.165, 1.54) is 11.7 Å². The smallest absolute Gasteiger partial charge is 0.130 e. The molecule has 0 fully saturated rings. The van der Waals surface area contributed by atoms with E-state index in [0.29, 0.717) is 0 Å². The molecular weight excluding hydrogens is 260 g/mol. The van der Waals surface area contributed by atoms with E-state index >= 15 is 0 Å². The average Bonchev–Trinajstić information content (AvgIpc) is 3.19. The highest BCUT2D eigenvalue weighted by Gasteiger charge is 2.12. The van der Waals surface area contributed by atoms with E-state index in [-0.39, 0.29) is 0 Å². The van der Waals surface area contributed by atoms with Gasteiger partial charge in [-0.15, -0.1) is 0 Å². The Morgan fingerprint density at radius 3 is 1.74 bits per heavy atom. The first kappa shape index (κ1) is 10.4. The Morgan fingerprint density at radius 2 is 1.32 bits per heavy atom. The summed E-state index contributed by atoms with van der Waals surface area (Å²) in [5.41, 5.74) is 3.69. The maximum atomic E-state index is 4.39. The summed E-state index contributed by atoms with van der Waals surface area (Å²) in [6, 6.07) is 4.03. The first-order valence-corrected chi connectivity index (χ1v) is 6.38. The van der Waals surface area contributed by atoms with Gasteiger partial charge < -0.3 is 9.13 Å². The van der Waals surface area contributed by atoms with Gasteiger partial charge in [-0.1, -0.05) is 0 Å². The Balaban J connectivity index is 2.01. The third-order valence-corrected chi connectivity index (χ3v) is 3.47. The highest BCUT2D eigenvalue weighted by atomic mass is 32.1. The Bertz CT molecular complexity index is 747. The molecule has 0 aliphatic carbocycles. The molecule has 0 amide bonds. The Kier molecular flexibility index (Phi) is 2.18. The van der Waals surface area contributed by atoms with Crippen LogP contribution in [0.1, 0.15) is 0 Å². The summed E-state index contributed by atoms with van der Waals surface area (Å²) in [6.45, 7) is 0. The lowest BCUT2D eigenvalue weighted by Gasteiger charge is -2.07. The van der Waals surface area contributed by atoms with Crippen LogP contribution in [0.25, 0.3) is 22.4 Å². The van der Waals surface area contributed by atoms with Crippen molar-refractivity contribution in [3.8, 4) is 11.4 Å². The number of fused-ring (bicyclic) bond motifs is 1. The normalized spacial score (nSPS) is 11.2. The van der Waals surface area contributed by atoms with Gasteiger partial charge in [-0.05, 0) is 12.1 Å². The minimum atomic E-state index is 0.870. The van der Waals surface area contributed by atoms with Gasteiger partial charge in [-0.3, -0.25) is 0 Å². The molecular formula is C12H8N6S. The van der Waals surface area contributed by atoms with E-state index < -0.39 is 0 Å². The minimum Gasteiger partial charge on any atom is -0.304 e. The van der Waals surface area contributed by atoms with Crippen LogP contribution in [0.15, 0.2) is 49.6 Å². The van der Waals surface area contributed by atoms with Crippen LogP contribution in [-0.4, -0.2) is 27.8 Å². The zero-order valence-electron chi connectivity index (χ0n) is 9.71. The second-order valence-electron chi connectivity index (χ2n) is 4.01. The van der Waals surface area contributed by atoms with Crippen molar-refractivity contribution < 1.29 is 0 Å². The van der Waals surface area contributed by atoms with Crippen molar-refractivity contribution in [1.82, 2.24) is 27.8 Å². The molecule has 3 heterocycles. The fourth-order valence-corrected chi connectivity index (χ4v) is 2.62. The third kappa shape index (κ3) is 1.55. The molecule has 19 heavy (non-hydrogen) atoms. The van der Waals surface area contributed by atoms with Crippen molar-refractivity contribution in [1.29, 1.82) is 0 Å². The van der Waals surface area contributed by atoms with E-state index in [1.54, 1.807) is 25.0 Å². The number of hydrogen-bond acceptors (Lipinski definition) is 5. The van der Waals surface area contributed by atoms with E-state index in [4.69, 9.17) is 0 Å². The molecule has 92 valence electrons. The second-order valence-corrected chi connectivity index (χ2v) is 4.53. The van der Waals surface area contributed by atoms with Crippen LogP contribution in [0, 0.1) is 0 Å². The van der Waals surface area contributed by atoms with Crippen molar-refractivity contribution in [3.05, 3.63) is 49.6 Å². The van der Waals surface area contributed by atoms with Gasteiger partial charge in [-0.25, -0.2) is 9.97 Å². The van der Waals surface area contributed by atoms with Crippen LogP contribution >= 0.6 is 11.7 Å². The van der Waals surface area contributed by atoms with Gasteiger partial charge in [0.2, 0.25) is 0 Å². The molecule has 0 saturated heterocycles. The van der Waals surface area contributed by atoms with Gasteiger partial charge in [-0.2, -0.15) is 8.75 Å². The maximum absolute atomic E-state index is 4.39. The van der Waals surface area contributed by atoms with Gasteiger partial charge >= 0.3 is 0 Å². The van der Waals surface area contributed by atoms with E-state index in [2.05, 4.69) is 18.7 Å². The second kappa shape index (κ2) is 3.99. The third-order valence-electron chi connectivity index (χ3n) is 2.94. The minimum absolute atomic E-state index is 0.870. The lowest BCUT2D eigenvalue weighted by Crippen LogP contribution is -1.96. The topological polar surface area (TPSA) is 61.4 Å². The Morgan fingerprint density at radius 1 is 0.789 bits per heavy atom. The van der Waals surface area contributed by atoms with Gasteiger partial charge in [0, 0.05) is 24.8 Å². The van der Waals surface area contributed by atoms with Crippen molar-refractivity contribution in [2.24, 2.45) is 0 Å². The lowest BCUT2D eigenvalue weighted by atomic mass is 10.2. The molecule has 1 aromatic carbocycles. The molecule has 4 aromatic rings. The summed E-state index contributed by atoms with van der Waals surface area (Å²) in [4.78, 5) is 8.13. The van der Waals surface area contributed by atoms with Gasteiger partial charge in [0.05, 0.1) is 35.8 Å². The maximum Gasteiger partial charge on any atom is 0.130 e. The summed E-state index contributed by atoms with van der Waals surface area (Å²) >= 11 is 1.21. The lowest BCUT2D eigenvalue weighted by molar-refractivity contribution is 1.04. The molecule has 0 radical (unpaired) electrons. The summed E-state index contributed by atoms with van der Waals surface area (Å²) < 4.78 is 12.7. The predicted octanol–water partition coefficient (Wildman–Crippen LogP) is 2.06. The largest absolute Gasteiger partial charge is 0.304 e. The average molecular weight is 268 g/mol. The van der Waals surface area contributed by atoms with Crippen LogP contribution < -0.4 is 0 Å². The van der Waals surface area contributed by atoms with Gasteiger partial charge in [0.25, 0.3) is 0 Å². The zero-order chi connectivity index (χ0) is 12.7. The van der Waals surface area contributed by atoms with Crippen LogP contribution in [0.2, 0.25) is 0 Å². The Hall–Kier alpha value is -2.54. The van der Waals surface area contributed by atoms with Gasteiger partial charge in [0.15, 0.2) is 0 Å². The molecule has 0 aliphatic heterocycles. The number of rotatable bonds is 2. The van der Waals surface area contributed by atoms with E-state index in [0.717, 1.165) is 22.4 Å². The first-order valence-electron chi connectivity index (χ1n) is 5.65. The number of imidazole rings is 2. The van der Waals surface area contributed by atoms with Crippen molar-refractivity contribution in [3.63, 3.8) is 0 Å². The summed E-state index contributed by atoms with van der Waals surface area (Å²) in [6.07, 6.45) is 10.8. The van der Waals surface area contributed by atoms with E-state index in [1.807, 2.05) is 33.7 Å². The number of nitrogens with zero attached hydrogens (tertiary/aromatic N) is 6. The standard InChI is InChI=1S/C12H8N6S/c1-2-10(18-6-4-14-8-18)12-11(15-19-16-12)9(1)17-5-3-13-7-17/h1-8H. The molecule has 3 aromatic heterocycles. The quantitative estimate of drug-likeness (QED) is 0.558. The van der Waals surface area contributed by atoms with Crippen molar-refractivity contribution >= 4 is 22.8 Å². The molecule has 0 unspecified atom stereocenters. The van der Waals surface area contributed by atoms with Crippen molar-refractivity contribution in [2.45, 2.75) is 0 Å². The molecule has 6 nitrogen and oxygen atoms in total. The monoisotopic (exact) mass is 268 g/mol. The van der Waals surface area contributed by atoms with Crippen LogP contribution in [0.5, 0.6) is 0 Å². The fourth-order valence-electron chi connectivity index (χ4n) is 2.06. The van der Waals surface area contributed by atoms with Crippen LogP contribution in [-0.2, 0) is 0 Å². The van der Waals surface area contributed by atoms with Crippen LogP contribution in [0.3, 0.4) is 0 Å². The summed E-state index contributed by atoms with van der Waals surface area (Å²) in [7, 11) is 0. The molecule has 0 bridgehead atoms. The van der Waals surface area contributed by atoms with Crippen molar-refractivity contribution in [2.75, 3.05) is 0 Å². The number of benzene rings is 1. The number of hydrogen-bond donors (Lipinski definition) is 0. The molecule has 0 N–H and O–H groups in total. The Labute approximate surface area is 112 Å². The molecule has 4 rings (SSSR count). The molecule has 0 spiro atoms.